The van der Waals surface area contributed by atoms with E-state index < -0.39 is 10.0 Å². The van der Waals surface area contributed by atoms with E-state index in [4.69, 9.17) is 4.74 Å². The van der Waals surface area contributed by atoms with Crippen LogP contribution in [0.25, 0.3) is 0 Å². The molecule has 112 valence electrons. The molecule has 0 radical (unpaired) electrons. The number of rotatable bonds is 5. The molecule has 1 saturated carbocycles. The van der Waals surface area contributed by atoms with Crippen molar-refractivity contribution in [3.8, 4) is 0 Å². The first-order chi connectivity index (χ1) is 9.58. The molecule has 2 heterocycles. The molecule has 20 heavy (non-hydrogen) atoms. The molecule has 2 atom stereocenters. The summed E-state index contributed by atoms with van der Waals surface area (Å²) in [6.45, 7) is 1.15. The minimum atomic E-state index is -3.12. The lowest BCUT2D eigenvalue weighted by Gasteiger charge is -2.31. The molecule has 1 aliphatic heterocycles. The van der Waals surface area contributed by atoms with Crippen molar-refractivity contribution in [1.82, 2.24) is 14.3 Å². The van der Waals surface area contributed by atoms with Crippen molar-refractivity contribution < 1.29 is 13.2 Å². The molecule has 0 unspecified atom stereocenters. The molecule has 1 aromatic heterocycles. The molecule has 0 amide bonds. The normalized spacial score (nSPS) is 27.6. The third-order valence-corrected chi connectivity index (χ3v) is 5.99. The minimum Gasteiger partial charge on any atom is -0.370 e. The molecular weight excluding hydrogens is 278 g/mol. The number of imidazole rings is 1. The van der Waals surface area contributed by atoms with Crippen molar-refractivity contribution in [2.24, 2.45) is 13.0 Å². The maximum absolute atomic E-state index is 11.9. The fourth-order valence-electron chi connectivity index (χ4n) is 2.71. The molecule has 3 rings (SSSR count). The summed E-state index contributed by atoms with van der Waals surface area (Å²) in [5.74, 6) is 1.03. The van der Waals surface area contributed by atoms with Crippen LogP contribution in [0.1, 0.15) is 37.6 Å². The van der Waals surface area contributed by atoms with Gasteiger partial charge in [-0.15, -0.1) is 0 Å². The van der Waals surface area contributed by atoms with Gasteiger partial charge in [0, 0.05) is 38.5 Å². The van der Waals surface area contributed by atoms with Gasteiger partial charge in [0.05, 0.1) is 5.25 Å². The van der Waals surface area contributed by atoms with E-state index in [2.05, 4.69) is 9.71 Å². The number of hydrogen-bond acceptors (Lipinski definition) is 4. The van der Waals surface area contributed by atoms with Crippen LogP contribution in [0.4, 0.5) is 0 Å². The number of ether oxygens (including phenoxy) is 1. The van der Waals surface area contributed by atoms with Gasteiger partial charge >= 0.3 is 0 Å². The van der Waals surface area contributed by atoms with E-state index in [0.717, 1.165) is 31.5 Å². The van der Waals surface area contributed by atoms with Crippen molar-refractivity contribution in [2.75, 3.05) is 13.2 Å². The zero-order valence-electron chi connectivity index (χ0n) is 11.7. The number of aryl methyl sites for hydroxylation is 1. The van der Waals surface area contributed by atoms with Gasteiger partial charge in [0.1, 0.15) is 11.9 Å². The summed E-state index contributed by atoms with van der Waals surface area (Å²) in [4.78, 5) is 4.34. The Morgan fingerprint density at radius 1 is 1.45 bits per heavy atom. The monoisotopic (exact) mass is 299 g/mol. The number of aromatic nitrogens is 2. The Morgan fingerprint density at radius 3 is 2.90 bits per heavy atom. The second kappa shape index (κ2) is 5.46. The molecule has 1 aromatic rings. The Bertz CT molecular complexity index is 565. The zero-order chi connectivity index (χ0) is 14.2. The molecule has 2 aliphatic rings. The zero-order valence-corrected chi connectivity index (χ0v) is 12.5. The molecule has 1 saturated heterocycles. The first-order valence-corrected chi connectivity index (χ1v) is 8.70. The van der Waals surface area contributed by atoms with Crippen molar-refractivity contribution >= 4 is 10.0 Å². The van der Waals surface area contributed by atoms with Crippen LogP contribution in [-0.4, -0.2) is 36.4 Å². The predicted molar refractivity (Wildman–Crippen MR) is 74.6 cm³/mol. The lowest BCUT2D eigenvalue weighted by atomic mass is 9.94. The highest BCUT2D eigenvalue weighted by atomic mass is 32.2. The largest absolute Gasteiger partial charge is 0.370 e. The molecule has 0 spiro atoms. The fourth-order valence-corrected chi connectivity index (χ4v) is 4.15. The second-order valence-corrected chi connectivity index (χ2v) is 7.73. The van der Waals surface area contributed by atoms with Gasteiger partial charge in [0.25, 0.3) is 0 Å². The molecule has 2 fully saturated rings. The highest BCUT2D eigenvalue weighted by Gasteiger charge is 2.37. The van der Waals surface area contributed by atoms with Crippen molar-refractivity contribution in [3.63, 3.8) is 0 Å². The molecule has 0 aromatic carbocycles. The van der Waals surface area contributed by atoms with Gasteiger partial charge in [-0.1, -0.05) is 0 Å². The lowest BCUT2D eigenvalue weighted by Crippen LogP contribution is -2.37. The molecule has 6 nitrogen and oxygen atoms in total. The first-order valence-electron chi connectivity index (χ1n) is 7.15. The third kappa shape index (κ3) is 2.89. The summed E-state index contributed by atoms with van der Waals surface area (Å²) >= 11 is 0. The van der Waals surface area contributed by atoms with E-state index in [1.807, 2.05) is 17.8 Å². The summed E-state index contributed by atoms with van der Waals surface area (Å²) in [5.41, 5.74) is 0. The first kappa shape index (κ1) is 14.0. The Hall–Kier alpha value is -0.920. The SMILES string of the molecule is Cn1ccnc1[C@@H]1OCCC[C@H]1CNS(=O)(=O)C1CC1. The van der Waals surface area contributed by atoms with Crippen molar-refractivity contribution in [2.45, 2.75) is 37.0 Å². The van der Waals surface area contributed by atoms with Gasteiger partial charge < -0.3 is 9.30 Å². The van der Waals surface area contributed by atoms with Gasteiger partial charge in [-0.3, -0.25) is 0 Å². The molecule has 1 N–H and O–H groups in total. The van der Waals surface area contributed by atoms with Crippen LogP contribution in [0.3, 0.4) is 0 Å². The predicted octanol–water partition coefficient (Wildman–Crippen LogP) is 0.970. The summed E-state index contributed by atoms with van der Waals surface area (Å²) in [5, 5.41) is -0.168. The molecule has 7 heteroatoms. The Labute approximate surface area is 119 Å². The standard InChI is InChI=1S/C13H21N3O3S/c1-16-7-6-14-13(16)12-10(3-2-8-19-12)9-15-20(17,18)11-4-5-11/h6-7,10-12,15H,2-5,8-9H2,1H3/t10-,12+/m0/s1. The molecular formula is C13H21N3O3S. The summed E-state index contributed by atoms with van der Waals surface area (Å²) in [7, 11) is -1.19. The maximum atomic E-state index is 11.9. The average Bonchev–Trinajstić information content (AvgIpc) is 3.21. The van der Waals surface area contributed by atoms with Crippen LogP contribution < -0.4 is 4.72 Å². The number of nitrogens with one attached hydrogen (secondary N) is 1. The third-order valence-electron chi connectivity index (χ3n) is 4.07. The quantitative estimate of drug-likeness (QED) is 0.879. The van der Waals surface area contributed by atoms with Crippen LogP contribution in [0.2, 0.25) is 0 Å². The lowest BCUT2D eigenvalue weighted by molar-refractivity contribution is -0.0328. The van der Waals surface area contributed by atoms with Crippen LogP contribution in [0.5, 0.6) is 0 Å². The number of nitrogens with zero attached hydrogens (tertiary/aromatic N) is 2. The van der Waals surface area contributed by atoms with Crippen molar-refractivity contribution in [1.29, 1.82) is 0 Å². The topological polar surface area (TPSA) is 73.2 Å². The fraction of sp³-hybridized carbons (Fsp3) is 0.769. The molecule has 1 aliphatic carbocycles. The van der Waals surface area contributed by atoms with Gasteiger partial charge in [0.15, 0.2) is 0 Å². The van der Waals surface area contributed by atoms with Crippen molar-refractivity contribution in [3.05, 3.63) is 18.2 Å². The van der Waals surface area contributed by atoms with E-state index >= 15 is 0 Å². The van der Waals surface area contributed by atoms with Crippen LogP contribution in [0, 0.1) is 5.92 Å². The number of hydrogen-bond donors (Lipinski definition) is 1. The van der Waals surface area contributed by atoms with Gasteiger partial charge in [0.2, 0.25) is 10.0 Å². The summed E-state index contributed by atoms with van der Waals surface area (Å²) < 4.78 is 34.4. The Balaban J connectivity index is 1.68. The smallest absolute Gasteiger partial charge is 0.214 e. The van der Waals surface area contributed by atoms with E-state index in [1.54, 1.807) is 6.20 Å². The molecule has 0 bridgehead atoms. The average molecular weight is 299 g/mol. The van der Waals surface area contributed by atoms with Crippen LogP contribution in [0.15, 0.2) is 12.4 Å². The minimum absolute atomic E-state index is 0.120. The highest BCUT2D eigenvalue weighted by molar-refractivity contribution is 7.90. The number of sulfonamides is 1. The Kier molecular flexibility index (Phi) is 3.83. The maximum Gasteiger partial charge on any atom is 0.214 e. The summed E-state index contributed by atoms with van der Waals surface area (Å²) in [6.07, 6.45) is 7.03. The van der Waals surface area contributed by atoms with E-state index in [9.17, 15) is 8.42 Å². The van der Waals surface area contributed by atoms with E-state index in [1.165, 1.54) is 0 Å². The van der Waals surface area contributed by atoms with E-state index in [-0.39, 0.29) is 17.3 Å². The van der Waals surface area contributed by atoms with E-state index in [0.29, 0.717) is 13.2 Å². The Morgan fingerprint density at radius 2 is 2.25 bits per heavy atom. The van der Waals surface area contributed by atoms with Gasteiger partial charge in [-0.05, 0) is 25.7 Å². The second-order valence-electron chi connectivity index (χ2n) is 5.68. The van der Waals surface area contributed by atoms with Crippen LogP contribution in [-0.2, 0) is 21.8 Å². The highest BCUT2D eigenvalue weighted by Crippen LogP contribution is 2.33. The summed E-state index contributed by atoms with van der Waals surface area (Å²) in [6, 6.07) is 0. The van der Waals surface area contributed by atoms with Gasteiger partial charge in [-0.2, -0.15) is 0 Å². The van der Waals surface area contributed by atoms with Gasteiger partial charge in [-0.25, -0.2) is 18.1 Å². The van der Waals surface area contributed by atoms with Crippen LogP contribution >= 0.6 is 0 Å².